The molecular formula is C15H20N4. The van der Waals surface area contributed by atoms with E-state index in [9.17, 15) is 0 Å². The van der Waals surface area contributed by atoms with Crippen molar-refractivity contribution in [2.24, 2.45) is 0 Å². The fourth-order valence-corrected chi connectivity index (χ4v) is 2.26. The van der Waals surface area contributed by atoms with Gasteiger partial charge in [0.15, 0.2) is 5.82 Å². The van der Waals surface area contributed by atoms with E-state index in [1.807, 2.05) is 20.0 Å². The summed E-state index contributed by atoms with van der Waals surface area (Å²) >= 11 is 0. The quantitative estimate of drug-likeness (QED) is 0.913. The molecule has 0 bridgehead atoms. The Morgan fingerprint density at radius 1 is 1.16 bits per heavy atom. The summed E-state index contributed by atoms with van der Waals surface area (Å²) in [7, 11) is 1.89. The van der Waals surface area contributed by atoms with Crippen molar-refractivity contribution in [2.75, 3.05) is 12.4 Å². The highest BCUT2D eigenvalue weighted by atomic mass is 15.0. The van der Waals surface area contributed by atoms with Crippen LogP contribution in [0.15, 0.2) is 18.3 Å². The van der Waals surface area contributed by atoms with Crippen LogP contribution in [0.25, 0.3) is 11.5 Å². The molecule has 0 aliphatic carbocycles. The zero-order valence-corrected chi connectivity index (χ0v) is 12.0. The first-order valence-corrected chi connectivity index (χ1v) is 6.70. The van der Waals surface area contributed by atoms with Crippen molar-refractivity contribution in [3.8, 4) is 11.5 Å². The van der Waals surface area contributed by atoms with Crippen molar-refractivity contribution in [3.63, 3.8) is 0 Å². The fraction of sp³-hybridized carbons (Fsp3) is 0.400. The molecule has 2 heterocycles. The number of nitrogens with one attached hydrogen (secondary N) is 1. The van der Waals surface area contributed by atoms with Crippen LogP contribution in [-0.2, 0) is 12.8 Å². The number of aromatic nitrogens is 3. The maximum atomic E-state index is 4.62. The lowest BCUT2D eigenvalue weighted by Crippen LogP contribution is -2.06. The smallest absolute Gasteiger partial charge is 0.180 e. The molecule has 0 saturated heterocycles. The highest BCUT2D eigenvalue weighted by Gasteiger charge is 2.13. The minimum Gasteiger partial charge on any atom is -0.373 e. The molecule has 0 atom stereocenters. The molecule has 0 aliphatic rings. The zero-order chi connectivity index (χ0) is 13.8. The van der Waals surface area contributed by atoms with Gasteiger partial charge in [0.05, 0.1) is 0 Å². The van der Waals surface area contributed by atoms with E-state index in [4.69, 9.17) is 0 Å². The molecule has 0 radical (unpaired) electrons. The Kier molecular flexibility index (Phi) is 4.10. The van der Waals surface area contributed by atoms with Crippen LogP contribution >= 0.6 is 0 Å². The minimum absolute atomic E-state index is 0.705. The second-order valence-electron chi connectivity index (χ2n) is 4.43. The molecule has 19 heavy (non-hydrogen) atoms. The van der Waals surface area contributed by atoms with Crippen molar-refractivity contribution in [1.29, 1.82) is 0 Å². The van der Waals surface area contributed by atoms with Gasteiger partial charge in [-0.15, -0.1) is 0 Å². The van der Waals surface area contributed by atoms with Crippen molar-refractivity contribution >= 4 is 5.82 Å². The van der Waals surface area contributed by atoms with Gasteiger partial charge in [-0.3, -0.25) is 4.98 Å². The molecule has 0 aromatic carbocycles. The molecule has 100 valence electrons. The number of hydrogen-bond donors (Lipinski definition) is 1. The fourth-order valence-electron chi connectivity index (χ4n) is 2.26. The van der Waals surface area contributed by atoms with E-state index < -0.39 is 0 Å². The zero-order valence-electron chi connectivity index (χ0n) is 12.0. The van der Waals surface area contributed by atoms with E-state index >= 15 is 0 Å². The number of aryl methyl sites for hydroxylation is 2. The molecule has 0 unspecified atom stereocenters. The van der Waals surface area contributed by atoms with Crippen molar-refractivity contribution < 1.29 is 0 Å². The Labute approximate surface area is 114 Å². The average molecular weight is 256 g/mol. The Balaban J connectivity index is 2.60. The monoisotopic (exact) mass is 256 g/mol. The molecule has 4 heteroatoms. The van der Waals surface area contributed by atoms with Crippen LogP contribution in [0.2, 0.25) is 0 Å². The SMILES string of the molecule is CCc1cccnc1-c1nc(C)c(CC)c(NC)n1. The van der Waals surface area contributed by atoms with Crippen LogP contribution in [0.4, 0.5) is 5.82 Å². The van der Waals surface area contributed by atoms with Crippen LogP contribution in [0.3, 0.4) is 0 Å². The van der Waals surface area contributed by atoms with Gasteiger partial charge < -0.3 is 5.32 Å². The van der Waals surface area contributed by atoms with Crippen LogP contribution in [0.1, 0.15) is 30.7 Å². The van der Waals surface area contributed by atoms with Gasteiger partial charge >= 0.3 is 0 Å². The average Bonchev–Trinajstić information content (AvgIpc) is 2.46. The first-order valence-electron chi connectivity index (χ1n) is 6.70. The molecule has 1 N–H and O–H groups in total. The lowest BCUT2D eigenvalue weighted by molar-refractivity contribution is 0.986. The molecule has 0 fully saturated rings. The topological polar surface area (TPSA) is 50.7 Å². The largest absolute Gasteiger partial charge is 0.373 e. The van der Waals surface area contributed by atoms with E-state index in [1.165, 1.54) is 11.1 Å². The maximum Gasteiger partial charge on any atom is 0.180 e. The second-order valence-corrected chi connectivity index (χ2v) is 4.43. The van der Waals surface area contributed by atoms with E-state index in [0.717, 1.165) is 30.0 Å². The first-order chi connectivity index (χ1) is 9.21. The summed E-state index contributed by atoms with van der Waals surface area (Å²) in [4.78, 5) is 13.7. The van der Waals surface area contributed by atoms with Gasteiger partial charge in [-0.25, -0.2) is 9.97 Å². The van der Waals surface area contributed by atoms with Crippen LogP contribution in [-0.4, -0.2) is 22.0 Å². The first kappa shape index (κ1) is 13.5. The standard InChI is InChI=1S/C15H20N4/c1-5-11-8-7-9-17-13(11)15-18-10(3)12(6-2)14(16-4)19-15/h7-9H,5-6H2,1-4H3,(H,16,18,19). The van der Waals surface area contributed by atoms with Crippen LogP contribution < -0.4 is 5.32 Å². The predicted molar refractivity (Wildman–Crippen MR) is 78.3 cm³/mol. The van der Waals surface area contributed by atoms with E-state index in [-0.39, 0.29) is 0 Å². The van der Waals surface area contributed by atoms with E-state index in [0.29, 0.717) is 5.82 Å². The Bertz CT molecular complexity index is 578. The molecular weight excluding hydrogens is 236 g/mol. The summed E-state index contributed by atoms with van der Waals surface area (Å²) in [6.07, 6.45) is 3.64. The number of hydrogen-bond acceptors (Lipinski definition) is 4. The normalized spacial score (nSPS) is 10.5. The molecule has 4 nitrogen and oxygen atoms in total. The molecule has 0 amide bonds. The van der Waals surface area contributed by atoms with Gasteiger partial charge in [-0.05, 0) is 31.4 Å². The van der Waals surface area contributed by atoms with Gasteiger partial charge in [0.2, 0.25) is 0 Å². The van der Waals surface area contributed by atoms with Gasteiger partial charge in [0.1, 0.15) is 11.5 Å². The molecule has 0 aliphatic heterocycles. The lowest BCUT2D eigenvalue weighted by Gasteiger charge is -2.12. The van der Waals surface area contributed by atoms with E-state index in [2.05, 4.69) is 40.2 Å². The summed E-state index contributed by atoms with van der Waals surface area (Å²) in [5, 5.41) is 3.16. The van der Waals surface area contributed by atoms with Crippen molar-refractivity contribution in [3.05, 3.63) is 35.2 Å². The summed E-state index contributed by atoms with van der Waals surface area (Å²) < 4.78 is 0. The highest BCUT2D eigenvalue weighted by molar-refractivity contribution is 5.59. The summed E-state index contributed by atoms with van der Waals surface area (Å²) in [6.45, 7) is 6.26. The van der Waals surface area contributed by atoms with Crippen LogP contribution in [0, 0.1) is 6.92 Å². The van der Waals surface area contributed by atoms with Crippen LogP contribution in [0.5, 0.6) is 0 Å². The summed E-state index contributed by atoms with van der Waals surface area (Å²) in [5.74, 6) is 1.61. The Morgan fingerprint density at radius 2 is 1.95 bits per heavy atom. The number of pyridine rings is 1. The predicted octanol–water partition coefficient (Wildman–Crippen LogP) is 3.01. The van der Waals surface area contributed by atoms with Gasteiger partial charge in [0.25, 0.3) is 0 Å². The Morgan fingerprint density at radius 3 is 2.58 bits per heavy atom. The van der Waals surface area contributed by atoms with Crippen molar-refractivity contribution in [1.82, 2.24) is 15.0 Å². The van der Waals surface area contributed by atoms with Gasteiger partial charge in [-0.1, -0.05) is 19.9 Å². The van der Waals surface area contributed by atoms with E-state index in [1.54, 1.807) is 6.20 Å². The highest BCUT2D eigenvalue weighted by Crippen LogP contribution is 2.23. The third-order valence-electron chi connectivity index (χ3n) is 3.29. The third kappa shape index (κ3) is 2.57. The molecule has 2 aromatic rings. The molecule has 0 spiro atoms. The van der Waals surface area contributed by atoms with Gasteiger partial charge in [0, 0.05) is 24.5 Å². The van der Waals surface area contributed by atoms with Gasteiger partial charge in [-0.2, -0.15) is 0 Å². The Hall–Kier alpha value is -1.97. The second kappa shape index (κ2) is 5.78. The number of rotatable bonds is 4. The molecule has 2 rings (SSSR count). The van der Waals surface area contributed by atoms with Crippen molar-refractivity contribution in [2.45, 2.75) is 33.6 Å². The molecule has 0 saturated carbocycles. The summed E-state index contributed by atoms with van der Waals surface area (Å²) in [5.41, 5.74) is 4.24. The maximum absolute atomic E-state index is 4.62. The summed E-state index contributed by atoms with van der Waals surface area (Å²) in [6, 6.07) is 4.03. The lowest BCUT2D eigenvalue weighted by atomic mass is 10.1. The number of nitrogens with zero attached hydrogens (tertiary/aromatic N) is 3. The molecule has 2 aromatic heterocycles. The minimum atomic E-state index is 0.705. The third-order valence-corrected chi connectivity index (χ3v) is 3.29. The number of anilines is 1.